The van der Waals surface area contributed by atoms with Crippen LogP contribution in [0.4, 0.5) is 18.9 Å². The maximum absolute atomic E-state index is 13.0. The lowest BCUT2D eigenvalue weighted by Crippen LogP contribution is -2.19. The third-order valence-electron chi connectivity index (χ3n) is 3.17. The number of fused-ring (bicyclic) bond motifs is 1. The van der Waals surface area contributed by atoms with Gasteiger partial charge in [0, 0.05) is 6.07 Å². The summed E-state index contributed by atoms with van der Waals surface area (Å²) in [5.41, 5.74) is 0.139. The first kappa shape index (κ1) is 15.0. The van der Waals surface area contributed by atoms with Crippen molar-refractivity contribution in [1.29, 1.82) is 0 Å². The molecule has 0 saturated carbocycles. The first-order valence-corrected chi connectivity index (χ1v) is 6.64. The van der Waals surface area contributed by atoms with E-state index in [-0.39, 0.29) is 5.69 Å². The van der Waals surface area contributed by atoms with Crippen LogP contribution >= 0.6 is 0 Å². The number of carbonyl (C=O) groups excluding carboxylic acids is 1. The number of halogens is 3. The summed E-state index contributed by atoms with van der Waals surface area (Å²) in [5, 5.41) is 6.54. The quantitative estimate of drug-likeness (QED) is 0.788. The van der Waals surface area contributed by atoms with Crippen LogP contribution < -0.4 is 5.32 Å². The Morgan fingerprint density at radius 1 is 1.26 bits per heavy atom. The molecule has 1 aromatic carbocycles. The zero-order valence-electron chi connectivity index (χ0n) is 11.9. The van der Waals surface area contributed by atoms with E-state index in [0.717, 1.165) is 17.8 Å². The third kappa shape index (κ3) is 3.01. The molecule has 2 heterocycles. The Labute approximate surface area is 128 Å². The van der Waals surface area contributed by atoms with Crippen molar-refractivity contribution in [1.82, 2.24) is 14.6 Å². The molecule has 0 aliphatic carbocycles. The van der Waals surface area contributed by atoms with Crippen molar-refractivity contribution < 1.29 is 18.0 Å². The molecule has 2 aromatic heterocycles. The van der Waals surface area contributed by atoms with Gasteiger partial charge in [-0.15, -0.1) is 0 Å². The van der Waals surface area contributed by atoms with Crippen LogP contribution in [0.15, 0.2) is 42.7 Å². The molecule has 23 heavy (non-hydrogen) atoms. The molecule has 0 aliphatic heterocycles. The van der Waals surface area contributed by atoms with Crippen LogP contribution in [0, 0.1) is 6.92 Å². The largest absolute Gasteiger partial charge is 0.417 e. The minimum absolute atomic E-state index is 0.252. The molecule has 0 unspecified atom stereocenters. The summed E-state index contributed by atoms with van der Waals surface area (Å²) in [4.78, 5) is 16.2. The van der Waals surface area contributed by atoms with E-state index >= 15 is 0 Å². The van der Waals surface area contributed by atoms with Gasteiger partial charge in [-0.1, -0.05) is 12.1 Å². The summed E-state index contributed by atoms with van der Waals surface area (Å²) in [7, 11) is 0. The fraction of sp³-hybridized carbons (Fsp3) is 0.133. The van der Waals surface area contributed by atoms with Crippen molar-refractivity contribution in [3.05, 3.63) is 59.5 Å². The van der Waals surface area contributed by atoms with Gasteiger partial charge in [0.05, 0.1) is 34.9 Å². The molecule has 0 aliphatic rings. The van der Waals surface area contributed by atoms with Gasteiger partial charge >= 0.3 is 6.18 Å². The number of hydrogen-bond acceptors (Lipinski definition) is 3. The van der Waals surface area contributed by atoms with Crippen molar-refractivity contribution >= 4 is 17.2 Å². The number of hydrogen-bond donors (Lipinski definition) is 1. The molecule has 1 amide bonds. The van der Waals surface area contributed by atoms with Gasteiger partial charge in [0.2, 0.25) is 0 Å². The van der Waals surface area contributed by atoms with Crippen molar-refractivity contribution in [2.75, 3.05) is 5.32 Å². The standard InChI is InChI=1S/C15H11F3N4O/c1-9-6-13-19-7-10(8-22(13)21-9)20-14(23)11-4-2-3-5-12(11)15(16,17)18/h2-8H,1H3,(H,20,23). The molecule has 0 radical (unpaired) electrons. The average molecular weight is 320 g/mol. The highest BCUT2D eigenvalue weighted by atomic mass is 19.4. The van der Waals surface area contributed by atoms with Crippen LogP contribution in [0.2, 0.25) is 0 Å². The number of aromatic nitrogens is 3. The zero-order valence-corrected chi connectivity index (χ0v) is 11.9. The van der Waals surface area contributed by atoms with Crippen molar-refractivity contribution in [3.63, 3.8) is 0 Å². The Morgan fingerprint density at radius 3 is 2.74 bits per heavy atom. The van der Waals surface area contributed by atoms with Crippen LogP contribution in [0.3, 0.4) is 0 Å². The number of carbonyl (C=O) groups is 1. The highest BCUT2D eigenvalue weighted by Crippen LogP contribution is 2.32. The maximum atomic E-state index is 13.0. The number of aryl methyl sites for hydroxylation is 1. The molecule has 3 aromatic rings. The summed E-state index contributed by atoms with van der Waals surface area (Å²) in [5.74, 6) is -0.858. The number of anilines is 1. The molecule has 0 spiro atoms. The maximum Gasteiger partial charge on any atom is 0.417 e. The van der Waals surface area contributed by atoms with E-state index in [1.165, 1.54) is 29.0 Å². The smallest absolute Gasteiger partial charge is 0.319 e. The van der Waals surface area contributed by atoms with Gasteiger partial charge < -0.3 is 5.32 Å². The van der Waals surface area contributed by atoms with E-state index in [4.69, 9.17) is 0 Å². The van der Waals surface area contributed by atoms with Crippen LogP contribution in [-0.2, 0) is 6.18 Å². The average Bonchev–Trinajstić information content (AvgIpc) is 2.85. The summed E-state index contributed by atoms with van der Waals surface area (Å²) in [6, 6.07) is 6.35. The predicted octanol–water partition coefficient (Wildman–Crippen LogP) is 3.31. The number of nitrogens with zero attached hydrogens (tertiary/aromatic N) is 3. The fourth-order valence-electron chi connectivity index (χ4n) is 2.19. The van der Waals surface area contributed by atoms with Gasteiger partial charge in [-0.2, -0.15) is 18.3 Å². The van der Waals surface area contributed by atoms with E-state index in [1.54, 1.807) is 13.0 Å². The van der Waals surface area contributed by atoms with Crippen molar-refractivity contribution in [2.45, 2.75) is 13.1 Å². The molecule has 118 valence electrons. The summed E-state index contributed by atoms with van der Waals surface area (Å²) < 4.78 is 40.3. The van der Waals surface area contributed by atoms with Crippen molar-refractivity contribution in [2.24, 2.45) is 0 Å². The number of nitrogens with one attached hydrogen (secondary N) is 1. The minimum atomic E-state index is -4.60. The first-order chi connectivity index (χ1) is 10.8. The predicted molar refractivity (Wildman–Crippen MR) is 77.1 cm³/mol. The fourth-order valence-corrected chi connectivity index (χ4v) is 2.19. The van der Waals surface area contributed by atoms with E-state index in [0.29, 0.717) is 5.65 Å². The van der Waals surface area contributed by atoms with E-state index in [9.17, 15) is 18.0 Å². The first-order valence-electron chi connectivity index (χ1n) is 6.64. The Bertz CT molecular complexity index is 886. The lowest BCUT2D eigenvalue weighted by atomic mass is 10.1. The van der Waals surface area contributed by atoms with E-state index in [2.05, 4.69) is 15.4 Å². The highest BCUT2D eigenvalue weighted by molar-refractivity contribution is 6.05. The van der Waals surface area contributed by atoms with Crippen LogP contribution in [0.25, 0.3) is 5.65 Å². The summed E-state index contributed by atoms with van der Waals surface area (Å²) in [6.07, 6.45) is -1.75. The van der Waals surface area contributed by atoms with Gasteiger partial charge in [0.1, 0.15) is 0 Å². The molecule has 8 heteroatoms. The van der Waals surface area contributed by atoms with Crippen molar-refractivity contribution in [3.8, 4) is 0 Å². The van der Waals surface area contributed by atoms with Crippen LogP contribution in [-0.4, -0.2) is 20.5 Å². The van der Waals surface area contributed by atoms with Crippen LogP contribution in [0.5, 0.6) is 0 Å². The Kier molecular flexibility index (Phi) is 3.51. The van der Waals surface area contributed by atoms with E-state index in [1.807, 2.05) is 0 Å². The third-order valence-corrected chi connectivity index (χ3v) is 3.17. The Morgan fingerprint density at radius 2 is 2.00 bits per heavy atom. The molecule has 0 fully saturated rings. The summed E-state index contributed by atoms with van der Waals surface area (Å²) in [6.45, 7) is 1.78. The second-order valence-electron chi connectivity index (χ2n) is 4.93. The highest BCUT2D eigenvalue weighted by Gasteiger charge is 2.34. The Hall–Kier alpha value is -2.90. The van der Waals surface area contributed by atoms with Gasteiger partial charge in [-0.25, -0.2) is 9.50 Å². The van der Waals surface area contributed by atoms with Gasteiger partial charge in [-0.05, 0) is 19.1 Å². The number of rotatable bonds is 2. The minimum Gasteiger partial charge on any atom is -0.319 e. The summed E-state index contributed by atoms with van der Waals surface area (Å²) >= 11 is 0. The molecule has 5 nitrogen and oxygen atoms in total. The lowest BCUT2D eigenvalue weighted by molar-refractivity contribution is -0.137. The topological polar surface area (TPSA) is 59.3 Å². The van der Waals surface area contributed by atoms with Crippen LogP contribution in [0.1, 0.15) is 21.6 Å². The number of benzene rings is 1. The normalized spacial score (nSPS) is 11.7. The van der Waals surface area contributed by atoms with E-state index < -0.39 is 23.2 Å². The molecule has 0 atom stereocenters. The van der Waals surface area contributed by atoms with Gasteiger partial charge in [0.15, 0.2) is 5.65 Å². The molecule has 1 N–H and O–H groups in total. The molecular formula is C15H11F3N4O. The molecule has 3 rings (SSSR count). The number of alkyl halides is 3. The molecular weight excluding hydrogens is 309 g/mol. The monoisotopic (exact) mass is 320 g/mol. The van der Waals surface area contributed by atoms with Gasteiger partial charge in [-0.3, -0.25) is 4.79 Å². The second-order valence-corrected chi connectivity index (χ2v) is 4.93. The molecule has 0 bridgehead atoms. The SMILES string of the molecule is Cc1cc2ncc(NC(=O)c3ccccc3C(F)(F)F)cn2n1. The second kappa shape index (κ2) is 5.38. The lowest BCUT2D eigenvalue weighted by Gasteiger charge is -2.12. The Balaban J connectivity index is 1.92. The number of amides is 1. The van der Waals surface area contributed by atoms with Gasteiger partial charge in [0.25, 0.3) is 5.91 Å². The molecule has 0 saturated heterocycles. The zero-order chi connectivity index (χ0) is 16.6.